The van der Waals surface area contributed by atoms with Gasteiger partial charge in [0.15, 0.2) is 0 Å². The number of nitrogens with zero attached hydrogens (tertiary/aromatic N) is 1. The van der Waals surface area contributed by atoms with E-state index in [4.69, 9.17) is 21.1 Å². The maximum atomic E-state index is 10.4. The molecule has 0 unspecified atom stereocenters. The van der Waals surface area contributed by atoms with Crippen LogP contribution in [0.25, 0.3) is 0 Å². The molecule has 0 radical (unpaired) electrons. The number of ether oxygens (including phenoxy) is 2. The van der Waals surface area contributed by atoms with Gasteiger partial charge in [0.1, 0.15) is 24.2 Å². The van der Waals surface area contributed by atoms with Crippen molar-refractivity contribution in [2.75, 3.05) is 26.3 Å². The Morgan fingerprint density at radius 3 is 2.50 bits per heavy atom. The van der Waals surface area contributed by atoms with E-state index in [2.05, 4.69) is 11.0 Å². The van der Waals surface area contributed by atoms with Gasteiger partial charge in [-0.05, 0) is 62.2 Å². The molecule has 26 heavy (non-hydrogen) atoms. The first-order chi connectivity index (χ1) is 12.7. The average Bonchev–Trinajstić information content (AvgIpc) is 3.09. The van der Waals surface area contributed by atoms with E-state index < -0.39 is 6.10 Å². The van der Waals surface area contributed by atoms with Gasteiger partial charge in [0, 0.05) is 17.6 Å². The van der Waals surface area contributed by atoms with Gasteiger partial charge in [-0.1, -0.05) is 29.8 Å². The van der Waals surface area contributed by atoms with Crippen LogP contribution in [-0.2, 0) is 0 Å². The van der Waals surface area contributed by atoms with Crippen LogP contribution in [0.4, 0.5) is 0 Å². The number of halogens is 1. The molecule has 0 spiro atoms. The molecule has 2 aromatic carbocycles. The minimum absolute atomic E-state index is 0.264. The van der Waals surface area contributed by atoms with Crippen LogP contribution in [0.2, 0.25) is 5.02 Å². The van der Waals surface area contributed by atoms with Crippen molar-refractivity contribution in [3.8, 4) is 11.5 Å². The van der Waals surface area contributed by atoms with Crippen LogP contribution in [-0.4, -0.2) is 42.4 Å². The quantitative estimate of drug-likeness (QED) is 0.746. The number of aliphatic hydroxyl groups excluding tert-OH is 1. The van der Waals surface area contributed by atoms with E-state index in [0.717, 1.165) is 41.5 Å². The standard InChI is InChI=1S/C21H26ClNO3/c1-2-25-17-9-11-18(12-10-17)26-15-16(24)14-23-13-5-8-21(23)19-6-3-4-7-20(19)22/h3-4,6-7,9-12,16,21,24H,2,5,8,13-15H2,1H3/t16-,21+/m0/s1. The van der Waals surface area contributed by atoms with Crippen molar-refractivity contribution in [2.45, 2.75) is 31.9 Å². The number of benzene rings is 2. The summed E-state index contributed by atoms with van der Waals surface area (Å²) in [5, 5.41) is 11.2. The van der Waals surface area contributed by atoms with E-state index >= 15 is 0 Å². The predicted octanol–water partition coefficient (Wildman–Crippen LogP) is 4.32. The molecule has 0 amide bonds. The number of aliphatic hydroxyl groups is 1. The highest BCUT2D eigenvalue weighted by atomic mass is 35.5. The number of β-amino-alcohol motifs (C(OH)–C–C–N with tert-alkyl or cyclic N) is 1. The Bertz CT molecular complexity index is 692. The highest BCUT2D eigenvalue weighted by Gasteiger charge is 2.28. The number of rotatable bonds is 8. The molecule has 0 aromatic heterocycles. The minimum atomic E-state index is -0.551. The zero-order valence-electron chi connectivity index (χ0n) is 15.1. The van der Waals surface area contributed by atoms with Crippen molar-refractivity contribution in [3.63, 3.8) is 0 Å². The van der Waals surface area contributed by atoms with E-state index in [9.17, 15) is 5.11 Å². The topological polar surface area (TPSA) is 41.9 Å². The third-order valence-corrected chi connectivity index (χ3v) is 4.99. The van der Waals surface area contributed by atoms with Gasteiger partial charge in [-0.2, -0.15) is 0 Å². The monoisotopic (exact) mass is 375 g/mol. The summed E-state index contributed by atoms with van der Waals surface area (Å²) < 4.78 is 11.1. The average molecular weight is 376 g/mol. The van der Waals surface area contributed by atoms with Crippen LogP contribution in [0, 0.1) is 0 Å². The molecule has 140 valence electrons. The molecular weight excluding hydrogens is 350 g/mol. The number of hydrogen-bond acceptors (Lipinski definition) is 4. The first kappa shape index (κ1) is 19.0. The van der Waals surface area contributed by atoms with E-state index in [1.807, 2.05) is 49.4 Å². The molecule has 1 aliphatic heterocycles. The third-order valence-electron chi connectivity index (χ3n) is 4.65. The predicted molar refractivity (Wildman–Crippen MR) is 104 cm³/mol. The summed E-state index contributed by atoms with van der Waals surface area (Å²) in [4.78, 5) is 2.30. The van der Waals surface area contributed by atoms with Crippen molar-refractivity contribution in [3.05, 3.63) is 59.1 Å². The maximum absolute atomic E-state index is 10.4. The fraction of sp³-hybridized carbons (Fsp3) is 0.429. The SMILES string of the molecule is CCOc1ccc(OC[C@@H](O)CN2CCC[C@@H]2c2ccccc2Cl)cc1. The Kier molecular flexibility index (Phi) is 6.78. The van der Waals surface area contributed by atoms with Crippen molar-refractivity contribution in [1.29, 1.82) is 0 Å². The second kappa shape index (κ2) is 9.26. The largest absolute Gasteiger partial charge is 0.494 e. The van der Waals surface area contributed by atoms with E-state index in [1.165, 1.54) is 0 Å². The summed E-state index contributed by atoms with van der Waals surface area (Å²) in [5.74, 6) is 1.55. The zero-order valence-corrected chi connectivity index (χ0v) is 15.9. The minimum Gasteiger partial charge on any atom is -0.494 e. The van der Waals surface area contributed by atoms with Crippen LogP contribution < -0.4 is 9.47 Å². The molecule has 2 aromatic rings. The van der Waals surface area contributed by atoms with Gasteiger partial charge in [0.25, 0.3) is 0 Å². The molecule has 1 N–H and O–H groups in total. The second-order valence-electron chi connectivity index (χ2n) is 6.54. The maximum Gasteiger partial charge on any atom is 0.119 e. The molecule has 1 aliphatic rings. The van der Waals surface area contributed by atoms with Gasteiger partial charge in [-0.3, -0.25) is 4.90 Å². The molecule has 1 fully saturated rings. The molecule has 0 saturated carbocycles. The van der Waals surface area contributed by atoms with Gasteiger partial charge in [-0.15, -0.1) is 0 Å². The van der Waals surface area contributed by atoms with Gasteiger partial charge >= 0.3 is 0 Å². The lowest BCUT2D eigenvalue weighted by molar-refractivity contribution is 0.0638. The van der Waals surface area contributed by atoms with Crippen LogP contribution in [0.1, 0.15) is 31.4 Å². The highest BCUT2D eigenvalue weighted by Crippen LogP contribution is 2.35. The fourth-order valence-corrected chi connectivity index (χ4v) is 3.72. The summed E-state index contributed by atoms with van der Waals surface area (Å²) in [6, 6.07) is 15.7. The Morgan fingerprint density at radius 1 is 1.12 bits per heavy atom. The first-order valence-corrected chi connectivity index (χ1v) is 9.57. The summed E-state index contributed by atoms with van der Waals surface area (Å²) in [5.41, 5.74) is 1.14. The summed E-state index contributed by atoms with van der Waals surface area (Å²) in [6.07, 6.45) is 1.63. The fourth-order valence-electron chi connectivity index (χ4n) is 3.46. The van der Waals surface area contributed by atoms with Gasteiger partial charge in [0.2, 0.25) is 0 Å². The Balaban J connectivity index is 1.52. The van der Waals surface area contributed by atoms with Crippen molar-refractivity contribution < 1.29 is 14.6 Å². The van der Waals surface area contributed by atoms with E-state index in [1.54, 1.807) is 0 Å². The van der Waals surface area contributed by atoms with Gasteiger partial charge in [-0.25, -0.2) is 0 Å². The number of hydrogen-bond donors (Lipinski definition) is 1. The Labute approximate surface area is 160 Å². The lowest BCUT2D eigenvalue weighted by atomic mass is 10.0. The molecule has 1 saturated heterocycles. The molecule has 4 nitrogen and oxygen atoms in total. The van der Waals surface area contributed by atoms with Crippen LogP contribution in [0.5, 0.6) is 11.5 Å². The van der Waals surface area contributed by atoms with Crippen molar-refractivity contribution >= 4 is 11.6 Å². The van der Waals surface area contributed by atoms with Crippen LogP contribution in [0.15, 0.2) is 48.5 Å². The summed E-state index contributed by atoms with van der Waals surface area (Å²) in [7, 11) is 0. The summed E-state index contributed by atoms with van der Waals surface area (Å²) in [6.45, 7) is 4.40. The number of likely N-dealkylation sites (tertiary alicyclic amines) is 1. The van der Waals surface area contributed by atoms with Crippen LogP contribution in [0.3, 0.4) is 0 Å². The molecule has 3 rings (SSSR count). The molecule has 1 heterocycles. The molecule has 2 atom stereocenters. The lowest BCUT2D eigenvalue weighted by Crippen LogP contribution is -2.35. The Hall–Kier alpha value is -1.75. The highest BCUT2D eigenvalue weighted by molar-refractivity contribution is 6.31. The third kappa shape index (κ3) is 4.91. The molecule has 0 aliphatic carbocycles. The first-order valence-electron chi connectivity index (χ1n) is 9.19. The van der Waals surface area contributed by atoms with Crippen molar-refractivity contribution in [1.82, 2.24) is 4.90 Å². The Morgan fingerprint density at radius 2 is 1.81 bits per heavy atom. The van der Waals surface area contributed by atoms with Crippen LogP contribution >= 0.6 is 11.6 Å². The van der Waals surface area contributed by atoms with E-state index in [-0.39, 0.29) is 12.6 Å². The second-order valence-corrected chi connectivity index (χ2v) is 6.95. The summed E-state index contributed by atoms with van der Waals surface area (Å²) >= 11 is 6.36. The zero-order chi connectivity index (χ0) is 18.4. The smallest absolute Gasteiger partial charge is 0.119 e. The van der Waals surface area contributed by atoms with Gasteiger partial charge in [0.05, 0.1) is 6.61 Å². The van der Waals surface area contributed by atoms with E-state index in [0.29, 0.717) is 13.2 Å². The van der Waals surface area contributed by atoms with Crippen molar-refractivity contribution in [2.24, 2.45) is 0 Å². The molecular formula is C21H26ClNO3. The molecule has 5 heteroatoms. The van der Waals surface area contributed by atoms with Gasteiger partial charge < -0.3 is 14.6 Å². The molecule has 0 bridgehead atoms. The lowest BCUT2D eigenvalue weighted by Gasteiger charge is -2.27. The normalized spacial score (nSPS) is 18.7.